The van der Waals surface area contributed by atoms with Crippen LogP contribution in [-0.4, -0.2) is 0 Å². The van der Waals surface area contributed by atoms with E-state index in [1.165, 1.54) is 5.57 Å². The summed E-state index contributed by atoms with van der Waals surface area (Å²) in [5.74, 6) is 0. The second kappa shape index (κ2) is 2.34. The Balaban J connectivity index is 3.89. The first-order chi connectivity index (χ1) is 3.42. The van der Waals surface area contributed by atoms with Gasteiger partial charge in [0.2, 0.25) is 0 Å². The summed E-state index contributed by atoms with van der Waals surface area (Å²) < 4.78 is 0. The maximum Gasteiger partial charge on any atom is -0.0172 e. The molecule has 0 aliphatic carbocycles. The molecule has 0 aromatic heterocycles. The molecule has 8 heavy (non-hydrogen) atoms. The molecule has 0 saturated carbocycles. The van der Waals surface area contributed by atoms with E-state index in [1.807, 2.05) is 0 Å². The van der Waals surface area contributed by atoms with Crippen molar-refractivity contribution in [1.82, 2.24) is 0 Å². The van der Waals surface area contributed by atoms with Gasteiger partial charge in [-0.05, 0) is 26.2 Å². The molecular formula is C8H15. The normalized spacial score (nSPS) is 11.1. The van der Waals surface area contributed by atoms with E-state index >= 15 is 0 Å². The molecule has 0 saturated heterocycles. The molecule has 0 aromatic carbocycles. The minimum absolute atomic E-state index is 0.110. The molecule has 0 aromatic rings. The van der Waals surface area contributed by atoms with Crippen LogP contribution in [0.5, 0.6) is 0 Å². The standard InChI is InChI=1S/C8H15/c1-7(2)6-8(3,4)5/h6H,3H2,1-2,4-5H3. The summed E-state index contributed by atoms with van der Waals surface area (Å²) in [6.07, 6.45) is 2.16. The zero-order chi connectivity index (χ0) is 6.78. The Kier molecular flexibility index (Phi) is 2.26. The van der Waals surface area contributed by atoms with Crippen molar-refractivity contribution < 1.29 is 0 Å². The molecule has 0 amide bonds. The number of hydrogen-bond acceptors (Lipinski definition) is 0. The fourth-order valence-electron chi connectivity index (χ4n) is 0.781. The van der Waals surface area contributed by atoms with Crippen LogP contribution >= 0.6 is 0 Å². The van der Waals surface area contributed by atoms with Gasteiger partial charge >= 0.3 is 0 Å². The summed E-state index contributed by atoms with van der Waals surface area (Å²) in [5, 5.41) is 0. The van der Waals surface area contributed by atoms with Crippen LogP contribution < -0.4 is 0 Å². The average Bonchev–Trinajstić information content (AvgIpc) is 1.21. The maximum atomic E-state index is 3.93. The van der Waals surface area contributed by atoms with Crippen LogP contribution in [0.3, 0.4) is 0 Å². The summed E-state index contributed by atoms with van der Waals surface area (Å²) in [6, 6.07) is 0. The molecule has 0 aliphatic heterocycles. The molecule has 0 aliphatic rings. The van der Waals surface area contributed by atoms with Gasteiger partial charge in [-0.15, -0.1) is 0 Å². The Morgan fingerprint density at radius 2 is 1.75 bits per heavy atom. The second-order valence-electron chi connectivity index (χ2n) is 3.21. The predicted octanol–water partition coefficient (Wildman–Crippen LogP) is 2.81. The zero-order valence-corrected chi connectivity index (χ0v) is 6.28. The van der Waals surface area contributed by atoms with Crippen molar-refractivity contribution in [1.29, 1.82) is 0 Å². The number of rotatable bonds is 1. The lowest BCUT2D eigenvalue weighted by Crippen LogP contribution is -1.99. The molecule has 0 bridgehead atoms. The highest BCUT2D eigenvalue weighted by molar-refractivity contribution is 5.03. The maximum absolute atomic E-state index is 3.93. The van der Waals surface area contributed by atoms with Crippen molar-refractivity contribution in [3.05, 3.63) is 18.6 Å². The van der Waals surface area contributed by atoms with Crippen molar-refractivity contribution in [3.8, 4) is 0 Å². The van der Waals surface area contributed by atoms with Crippen molar-refractivity contribution in [2.45, 2.75) is 27.7 Å². The summed E-state index contributed by atoms with van der Waals surface area (Å²) in [7, 11) is 0. The first-order valence-electron chi connectivity index (χ1n) is 2.93. The number of allylic oxidation sites excluding steroid dienone is 2. The lowest BCUT2D eigenvalue weighted by molar-refractivity contribution is 0.615. The monoisotopic (exact) mass is 111 g/mol. The lowest BCUT2D eigenvalue weighted by Gasteiger charge is -2.11. The van der Waals surface area contributed by atoms with Crippen LogP contribution in [0.15, 0.2) is 11.6 Å². The van der Waals surface area contributed by atoms with Gasteiger partial charge in [0.15, 0.2) is 0 Å². The van der Waals surface area contributed by atoms with E-state index in [4.69, 9.17) is 0 Å². The molecule has 0 fully saturated rings. The van der Waals surface area contributed by atoms with E-state index in [9.17, 15) is 0 Å². The van der Waals surface area contributed by atoms with Gasteiger partial charge in [0, 0.05) is 0 Å². The summed E-state index contributed by atoms with van der Waals surface area (Å²) in [5.41, 5.74) is 1.45. The summed E-state index contributed by atoms with van der Waals surface area (Å²) in [6.45, 7) is 12.3. The van der Waals surface area contributed by atoms with Crippen LogP contribution in [-0.2, 0) is 0 Å². The van der Waals surface area contributed by atoms with E-state index in [0.29, 0.717) is 0 Å². The molecule has 0 heterocycles. The molecule has 0 atom stereocenters. The largest absolute Gasteiger partial charge is 0.0802 e. The topological polar surface area (TPSA) is 0 Å². The van der Waals surface area contributed by atoms with E-state index in [-0.39, 0.29) is 5.41 Å². The third-order valence-electron chi connectivity index (χ3n) is 0.679. The van der Waals surface area contributed by atoms with E-state index in [0.717, 1.165) is 0 Å². The van der Waals surface area contributed by atoms with E-state index in [1.54, 1.807) is 0 Å². The molecule has 0 N–H and O–H groups in total. The molecular weight excluding hydrogens is 96.1 g/mol. The highest BCUT2D eigenvalue weighted by Gasteiger charge is 2.03. The smallest absolute Gasteiger partial charge is 0.0172 e. The fraction of sp³-hybridized carbons (Fsp3) is 0.625. The average molecular weight is 111 g/mol. The highest BCUT2D eigenvalue weighted by Crippen LogP contribution is 2.15. The van der Waals surface area contributed by atoms with Gasteiger partial charge in [0.05, 0.1) is 0 Å². The number of hydrogen-bond donors (Lipinski definition) is 0. The molecule has 0 nitrogen and oxygen atoms in total. The Morgan fingerprint density at radius 3 is 1.75 bits per heavy atom. The Bertz CT molecular complexity index is 87.1. The predicted molar refractivity (Wildman–Crippen MR) is 38.6 cm³/mol. The van der Waals surface area contributed by atoms with Crippen LogP contribution in [0, 0.1) is 12.3 Å². The quantitative estimate of drug-likeness (QED) is 0.456. The van der Waals surface area contributed by atoms with Gasteiger partial charge in [-0.2, -0.15) is 0 Å². The lowest BCUT2D eigenvalue weighted by atomic mass is 9.94. The van der Waals surface area contributed by atoms with E-state index in [2.05, 4.69) is 40.7 Å². The van der Waals surface area contributed by atoms with Crippen LogP contribution in [0.1, 0.15) is 27.7 Å². The summed E-state index contributed by atoms with van der Waals surface area (Å²) in [4.78, 5) is 0. The Hall–Kier alpha value is -0.260. The molecule has 47 valence electrons. The molecule has 0 unspecified atom stereocenters. The highest BCUT2D eigenvalue weighted by atomic mass is 14.1. The third-order valence-corrected chi connectivity index (χ3v) is 0.679. The second-order valence-corrected chi connectivity index (χ2v) is 3.21. The first-order valence-corrected chi connectivity index (χ1v) is 2.93. The van der Waals surface area contributed by atoms with E-state index < -0.39 is 0 Å². The van der Waals surface area contributed by atoms with Gasteiger partial charge in [0.25, 0.3) is 0 Å². The fourth-order valence-corrected chi connectivity index (χ4v) is 0.781. The van der Waals surface area contributed by atoms with Crippen molar-refractivity contribution in [3.63, 3.8) is 0 Å². The van der Waals surface area contributed by atoms with Gasteiger partial charge in [-0.3, -0.25) is 0 Å². The first kappa shape index (κ1) is 7.74. The zero-order valence-electron chi connectivity index (χ0n) is 6.28. The minimum atomic E-state index is 0.110. The van der Waals surface area contributed by atoms with Gasteiger partial charge in [0.1, 0.15) is 0 Å². The molecule has 0 heteroatoms. The van der Waals surface area contributed by atoms with Crippen LogP contribution in [0.2, 0.25) is 0 Å². The molecule has 0 rings (SSSR count). The van der Waals surface area contributed by atoms with Crippen LogP contribution in [0.25, 0.3) is 0 Å². The van der Waals surface area contributed by atoms with Crippen molar-refractivity contribution in [2.75, 3.05) is 0 Å². The Morgan fingerprint density at radius 1 is 1.38 bits per heavy atom. The SMILES string of the molecule is [CH2]C(C)(C)C=C(C)C. The molecule has 1 radical (unpaired) electrons. The van der Waals surface area contributed by atoms with Gasteiger partial charge in [-0.25, -0.2) is 0 Å². The van der Waals surface area contributed by atoms with Gasteiger partial charge < -0.3 is 0 Å². The minimum Gasteiger partial charge on any atom is -0.0802 e. The van der Waals surface area contributed by atoms with Crippen molar-refractivity contribution in [2.24, 2.45) is 5.41 Å². The summed E-state index contributed by atoms with van der Waals surface area (Å²) >= 11 is 0. The van der Waals surface area contributed by atoms with Crippen molar-refractivity contribution >= 4 is 0 Å². The third kappa shape index (κ3) is 5.74. The Labute approximate surface area is 52.6 Å². The van der Waals surface area contributed by atoms with Gasteiger partial charge in [-0.1, -0.05) is 25.5 Å². The molecule has 0 spiro atoms. The van der Waals surface area contributed by atoms with Crippen LogP contribution in [0.4, 0.5) is 0 Å².